The van der Waals surface area contributed by atoms with E-state index in [1.165, 1.54) is 27.0 Å². The Kier molecular flexibility index (Phi) is 3.97. The second-order valence-electron chi connectivity index (χ2n) is 5.69. The van der Waals surface area contributed by atoms with E-state index in [-0.39, 0.29) is 0 Å². The van der Waals surface area contributed by atoms with Crippen LogP contribution in [0.4, 0.5) is 5.13 Å². The van der Waals surface area contributed by atoms with E-state index >= 15 is 0 Å². The van der Waals surface area contributed by atoms with E-state index in [4.69, 9.17) is 0 Å². The molecule has 0 saturated heterocycles. The van der Waals surface area contributed by atoms with Gasteiger partial charge < -0.3 is 5.32 Å². The third-order valence-corrected chi connectivity index (χ3v) is 5.21. The maximum atomic E-state index is 4.69. The van der Waals surface area contributed by atoms with E-state index in [0.29, 0.717) is 0 Å². The highest BCUT2D eigenvalue weighted by Crippen LogP contribution is 2.30. The highest BCUT2D eigenvalue weighted by atomic mass is 32.1. The standard InChI is InChI=1S/C20H17N3S/c1-14-5-4-8-18-19(14)24-20(23-18)22-13-16-6-2-3-7-17(16)15-9-11-21-12-10-15/h2-12H,13H2,1H3,(H,22,23). The molecule has 0 fully saturated rings. The summed E-state index contributed by atoms with van der Waals surface area (Å²) in [6.07, 6.45) is 3.66. The molecule has 4 rings (SSSR count). The minimum Gasteiger partial charge on any atom is -0.357 e. The number of thiazole rings is 1. The molecule has 2 aromatic heterocycles. The van der Waals surface area contributed by atoms with Crippen molar-refractivity contribution in [2.24, 2.45) is 0 Å². The van der Waals surface area contributed by atoms with Gasteiger partial charge in [-0.15, -0.1) is 0 Å². The van der Waals surface area contributed by atoms with Crippen LogP contribution in [-0.4, -0.2) is 9.97 Å². The number of aromatic nitrogens is 2. The maximum absolute atomic E-state index is 4.69. The van der Waals surface area contributed by atoms with Crippen LogP contribution in [0.3, 0.4) is 0 Å². The fourth-order valence-electron chi connectivity index (χ4n) is 2.82. The lowest BCUT2D eigenvalue weighted by Crippen LogP contribution is -2.00. The highest BCUT2D eigenvalue weighted by molar-refractivity contribution is 7.22. The van der Waals surface area contributed by atoms with E-state index in [1.54, 1.807) is 11.3 Å². The number of anilines is 1. The van der Waals surface area contributed by atoms with E-state index in [2.05, 4.69) is 64.7 Å². The first kappa shape index (κ1) is 14.8. The summed E-state index contributed by atoms with van der Waals surface area (Å²) in [7, 11) is 0. The van der Waals surface area contributed by atoms with Crippen LogP contribution >= 0.6 is 11.3 Å². The van der Waals surface area contributed by atoms with Crippen molar-refractivity contribution in [3.05, 3.63) is 78.1 Å². The lowest BCUT2D eigenvalue weighted by molar-refractivity contribution is 1.14. The van der Waals surface area contributed by atoms with Crippen LogP contribution in [0.5, 0.6) is 0 Å². The van der Waals surface area contributed by atoms with Gasteiger partial charge in [0.2, 0.25) is 0 Å². The first-order valence-electron chi connectivity index (χ1n) is 7.89. The van der Waals surface area contributed by atoms with Gasteiger partial charge in [0.15, 0.2) is 5.13 Å². The van der Waals surface area contributed by atoms with E-state index < -0.39 is 0 Å². The fourth-order valence-corrected chi connectivity index (χ4v) is 3.75. The first-order chi connectivity index (χ1) is 11.8. The molecular weight excluding hydrogens is 314 g/mol. The zero-order valence-corrected chi connectivity index (χ0v) is 14.2. The molecule has 0 saturated carbocycles. The zero-order valence-electron chi connectivity index (χ0n) is 13.4. The first-order valence-corrected chi connectivity index (χ1v) is 8.71. The fraction of sp³-hybridized carbons (Fsp3) is 0.100. The Hall–Kier alpha value is -2.72. The van der Waals surface area contributed by atoms with Gasteiger partial charge in [-0.2, -0.15) is 0 Å². The Labute approximate surface area is 145 Å². The molecule has 0 aliphatic heterocycles. The van der Waals surface area contributed by atoms with Crippen molar-refractivity contribution in [3.63, 3.8) is 0 Å². The van der Waals surface area contributed by atoms with Crippen molar-refractivity contribution in [1.82, 2.24) is 9.97 Å². The molecule has 1 N–H and O–H groups in total. The van der Waals surface area contributed by atoms with Crippen LogP contribution < -0.4 is 5.32 Å². The molecule has 118 valence electrons. The molecular formula is C20H17N3S. The molecule has 0 atom stereocenters. The van der Waals surface area contributed by atoms with Crippen LogP contribution in [0.1, 0.15) is 11.1 Å². The largest absolute Gasteiger partial charge is 0.357 e. The summed E-state index contributed by atoms with van der Waals surface area (Å²) in [5.74, 6) is 0. The summed E-state index contributed by atoms with van der Waals surface area (Å²) in [4.78, 5) is 8.79. The number of hydrogen-bond acceptors (Lipinski definition) is 4. The van der Waals surface area contributed by atoms with Gasteiger partial charge in [0.05, 0.1) is 10.2 Å². The summed E-state index contributed by atoms with van der Waals surface area (Å²) in [6.45, 7) is 2.88. The summed E-state index contributed by atoms with van der Waals surface area (Å²) < 4.78 is 1.25. The molecule has 2 aromatic carbocycles. The number of benzene rings is 2. The molecule has 4 heteroatoms. The SMILES string of the molecule is Cc1cccc2nc(NCc3ccccc3-c3ccncc3)sc12. The number of aryl methyl sites for hydroxylation is 1. The molecule has 3 nitrogen and oxygen atoms in total. The van der Waals surface area contributed by atoms with Crippen molar-refractivity contribution in [1.29, 1.82) is 0 Å². The van der Waals surface area contributed by atoms with Gasteiger partial charge in [-0.3, -0.25) is 4.98 Å². The lowest BCUT2D eigenvalue weighted by Gasteiger charge is -2.10. The van der Waals surface area contributed by atoms with Crippen LogP contribution in [-0.2, 0) is 6.54 Å². The van der Waals surface area contributed by atoms with Crippen molar-refractivity contribution >= 4 is 26.7 Å². The van der Waals surface area contributed by atoms with Gasteiger partial charge in [-0.25, -0.2) is 4.98 Å². The number of rotatable bonds is 4. The highest BCUT2D eigenvalue weighted by Gasteiger charge is 2.08. The molecule has 0 aliphatic rings. The molecule has 0 spiro atoms. The number of hydrogen-bond donors (Lipinski definition) is 1. The predicted molar refractivity (Wildman–Crippen MR) is 101 cm³/mol. The summed E-state index contributed by atoms with van der Waals surface area (Å²) in [5.41, 5.74) is 5.99. The molecule has 0 bridgehead atoms. The van der Waals surface area contributed by atoms with Crippen LogP contribution in [0.25, 0.3) is 21.3 Å². The number of fused-ring (bicyclic) bond motifs is 1. The second kappa shape index (κ2) is 6.42. The van der Waals surface area contributed by atoms with Crippen molar-refractivity contribution in [3.8, 4) is 11.1 Å². The molecule has 0 amide bonds. The normalized spacial score (nSPS) is 10.9. The number of pyridine rings is 1. The van der Waals surface area contributed by atoms with Gasteiger partial charge in [-0.05, 0) is 47.4 Å². The number of nitrogens with one attached hydrogen (secondary N) is 1. The Bertz CT molecular complexity index is 977. The van der Waals surface area contributed by atoms with Gasteiger partial charge in [-0.1, -0.05) is 47.7 Å². The topological polar surface area (TPSA) is 37.8 Å². The Morgan fingerprint density at radius 3 is 2.62 bits per heavy atom. The second-order valence-corrected chi connectivity index (χ2v) is 6.69. The van der Waals surface area contributed by atoms with E-state index in [1.807, 2.05) is 24.5 Å². The minimum atomic E-state index is 0.747. The maximum Gasteiger partial charge on any atom is 0.184 e. The molecule has 0 unspecified atom stereocenters. The predicted octanol–water partition coefficient (Wildman–Crippen LogP) is 5.28. The summed E-state index contributed by atoms with van der Waals surface area (Å²) >= 11 is 1.71. The summed E-state index contributed by atoms with van der Waals surface area (Å²) in [5, 5.41) is 4.44. The number of nitrogens with zero attached hydrogens (tertiary/aromatic N) is 2. The average molecular weight is 331 g/mol. The Morgan fingerprint density at radius 2 is 1.79 bits per heavy atom. The van der Waals surface area contributed by atoms with Crippen LogP contribution in [0, 0.1) is 6.92 Å². The molecule has 0 radical (unpaired) electrons. The average Bonchev–Trinajstić information content (AvgIpc) is 3.06. The molecule has 0 aliphatic carbocycles. The molecule has 4 aromatic rings. The van der Waals surface area contributed by atoms with Gasteiger partial charge >= 0.3 is 0 Å². The summed E-state index contributed by atoms with van der Waals surface area (Å²) in [6, 6.07) is 18.8. The van der Waals surface area contributed by atoms with Gasteiger partial charge in [0.1, 0.15) is 0 Å². The molecule has 2 heterocycles. The third kappa shape index (κ3) is 2.88. The Balaban J connectivity index is 1.61. The van der Waals surface area contributed by atoms with E-state index in [9.17, 15) is 0 Å². The van der Waals surface area contributed by atoms with Crippen LogP contribution in [0.15, 0.2) is 67.0 Å². The Morgan fingerprint density at radius 1 is 0.958 bits per heavy atom. The lowest BCUT2D eigenvalue weighted by atomic mass is 10.0. The van der Waals surface area contributed by atoms with Gasteiger partial charge in [0, 0.05) is 18.9 Å². The third-order valence-electron chi connectivity index (χ3n) is 4.05. The zero-order chi connectivity index (χ0) is 16.4. The monoisotopic (exact) mass is 331 g/mol. The van der Waals surface area contributed by atoms with Crippen molar-refractivity contribution in [2.45, 2.75) is 13.5 Å². The van der Waals surface area contributed by atoms with Crippen molar-refractivity contribution < 1.29 is 0 Å². The molecule has 24 heavy (non-hydrogen) atoms. The van der Waals surface area contributed by atoms with E-state index in [0.717, 1.165) is 17.2 Å². The van der Waals surface area contributed by atoms with Gasteiger partial charge in [0.25, 0.3) is 0 Å². The van der Waals surface area contributed by atoms with Crippen LogP contribution in [0.2, 0.25) is 0 Å². The van der Waals surface area contributed by atoms with Crippen molar-refractivity contribution in [2.75, 3.05) is 5.32 Å². The smallest absolute Gasteiger partial charge is 0.184 e. The minimum absolute atomic E-state index is 0.747. The quantitative estimate of drug-likeness (QED) is 0.553.